The highest BCUT2D eigenvalue weighted by molar-refractivity contribution is 5.66. The van der Waals surface area contributed by atoms with Crippen LogP contribution in [0, 0.1) is 0 Å². The zero-order valence-corrected chi connectivity index (χ0v) is 11.5. The Morgan fingerprint density at radius 3 is 2.79 bits per heavy atom. The second kappa shape index (κ2) is 4.98. The van der Waals surface area contributed by atoms with E-state index in [0.717, 1.165) is 57.0 Å². The third-order valence-corrected chi connectivity index (χ3v) is 4.28. The molecule has 0 bridgehead atoms. The second-order valence-corrected chi connectivity index (χ2v) is 5.69. The number of hydrogen-bond acceptors (Lipinski definition) is 5. The minimum Gasteiger partial charge on any atom is -0.396 e. The van der Waals surface area contributed by atoms with Crippen LogP contribution in [0.3, 0.4) is 0 Å². The molecular weight excluding hydrogens is 240 g/mol. The predicted octanol–water partition coefficient (Wildman–Crippen LogP) is 0.965. The smallest absolute Gasteiger partial charge is 0.0842 e. The molecule has 19 heavy (non-hydrogen) atoms. The standard InChI is InChI=1S/C14H22N4O/c1-17-8-9-19-14(11-17)3-6-18(7-4-14)13-2-5-16-10-12(13)15/h2,5,10H,3-4,6-9,11,15H2,1H3. The van der Waals surface area contributed by atoms with Gasteiger partial charge >= 0.3 is 0 Å². The molecular formula is C14H22N4O. The van der Waals surface area contributed by atoms with E-state index in [4.69, 9.17) is 10.5 Å². The summed E-state index contributed by atoms with van der Waals surface area (Å²) in [6.07, 6.45) is 5.67. The molecule has 2 aliphatic rings. The van der Waals surface area contributed by atoms with Gasteiger partial charge in [-0.3, -0.25) is 4.98 Å². The van der Waals surface area contributed by atoms with E-state index in [1.165, 1.54) is 0 Å². The Morgan fingerprint density at radius 2 is 2.11 bits per heavy atom. The molecule has 2 saturated heterocycles. The SMILES string of the molecule is CN1CCOC2(CCN(c3ccncc3N)CC2)C1. The van der Waals surface area contributed by atoms with Crippen LogP contribution in [-0.2, 0) is 4.74 Å². The number of aromatic nitrogens is 1. The van der Waals surface area contributed by atoms with Crippen LogP contribution in [0.4, 0.5) is 11.4 Å². The Labute approximate surface area is 114 Å². The number of rotatable bonds is 1. The number of likely N-dealkylation sites (N-methyl/N-ethyl adjacent to an activating group) is 1. The first-order chi connectivity index (χ1) is 9.19. The van der Waals surface area contributed by atoms with Crippen molar-refractivity contribution >= 4 is 11.4 Å². The van der Waals surface area contributed by atoms with Crippen molar-refractivity contribution in [1.29, 1.82) is 0 Å². The van der Waals surface area contributed by atoms with Crippen LogP contribution in [0.1, 0.15) is 12.8 Å². The van der Waals surface area contributed by atoms with Crippen molar-refractivity contribution in [3.8, 4) is 0 Å². The predicted molar refractivity (Wildman–Crippen MR) is 76.3 cm³/mol. The fourth-order valence-corrected chi connectivity index (χ4v) is 3.18. The molecule has 0 saturated carbocycles. The average molecular weight is 262 g/mol. The van der Waals surface area contributed by atoms with Crippen molar-refractivity contribution in [1.82, 2.24) is 9.88 Å². The number of nitrogens with zero attached hydrogens (tertiary/aromatic N) is 3. The molecule has 2 N–H and O–H groups in total. The number of piperidine rings is 1. The van der Waals surface area contributed by atoms with Gasteiger partial charge in [0.2, 0.25) is 0 Å². The van der Waals surface area contributed by atoms with E-state index in [-0.39, 0.29) is 5.60 Å². The number of ether oxygens (including phenoxy) is 1. The Bertz CT molecular complexity index is 443. The van der Waals surface area contributed by atoms with E-state index in [0.29, 0.717) is 0 Å². The molecule has 0 amide bonds. The summed E-state index contributed by atoms with van der Waals surface area (Å²) in [4.78, 5) is 8.77. The van der Waals surface area contributed by atoms with Gasteiger partial charge in [0.25, 0.3) is 0 Å². The first-order valence-corrected chi connectivity index (χ1v) is 6.95. The molecule has 2 fully saturated rings. The molecule has 1 aromatic rings. The number of anilines is 2. The lowest BCUT2D eigenvalue weighted by molar-refractivity contribution is -0.115. The van der Waals surface area contributed by atoms with Gasteiger partial charge in [-0.2, -0.15) is 0 Å². The van der Waals surface area contributed by atoms with Gasteiger partial charge in [0.1, 0.15) is 0 Å². The summed E-state index contributed by atoms with van der Waals surface area (Å²) in [5.74, 6) is 0. The monoisotopic (exact) mass is 262 g/mol. The summed E-state index contributed by atoms with van der Waals surface area (Å²) in [6, 6.07) is 2.00. The summed E-state index contributed by atoms with van der Waals surface area (Å²) in [6.45, 7) is 4.95. The minimum atomic E-state index is 0.0608. The van der Waals surface area contributed by atoms with Crippen molar-refractivity contribution in [3.63, 3.8) is 0 Å². The van der Waals surface area contributed by atoms with Crippen LogP contribution >= 0.6 is 0 Å². The lowest BCUT2D eigenvalue weighted by atomic mass is 9.89. The first-order valence-electron chi connectivity index (χ1n) is 6.95. The number of nitrogen functional groups attached to an aromatic ring is 1. The zero-order chi connectivity index (χ0) is 13.3. The van der Waals surface area contributed by atoms with Crippen LogP contribution in [0.2, 0.25) is 0 Å². The lowest BCUT2D eigenvalue weighted by Crippen LogP contribution is -2.56. The largest absolute Gasteiger partial charge is 0.396 e. The fraction of sp³-hybridized carbons (Fsp3) is 0.643. The molecule has 0 unspecified atom stereocenters. The maximum absolute atomic E-state index is 6.08. The average Bonchev–Trinajstić information content (AvgIpc) is 2.40. The van der Waals surface area contributed by atoms with E-state index in [9.17, 15) is 0 Å². The van der Waals surface area contributed by atoms with Crippen molar-refractivity contribution in [3.05, 3.63) is 18.5 Å². The number of pyridine rings is 1. The third kappa shape index (κ3) is 2.53. The highest BCUT2D eigenvalue weighted by atomic mass is 16.5. The molecule has 104 valence electrons. The molecule has 1 aromatic heterocycles. The van der Waals surface area contributed by atoms with E-state index in [1.54, 1.807) is 12.4 Å². The molecule has 0 aliphatic carbocycles. The quantitative estimate of drug-likeness (QED) is 0.817. The van der Waals surface area contributed by atoms with Crippen LogP contribution in [0.15, 0.2) is 18.5 Å². The molecule has 0 aromatic carbocycles. The second-order valence-electron chi connectivity index (χ2n) is 5.69. The summed E-state index contributed by atoms with van der Waals surface area (Å²) >= 11 is 0. The molecule has 5 nitrogen and oxygen atoms in total. The van der Waals surface area contributed by atoms with Crippen molar-refractivity contribution in [2.24, 2.45) is 0 Å². The van der Waals surface area contributed by atoms with Gasteiger partial charge in [0.05, 0.1) is 29.8 Å². The molecule has 2 aliphatic heterocycles. The van der Waals surface area contributed by atoms with Gasteiger partial charge in [-0.05, 0) is 26.0 Å². The maximum atomic E-state index is 6.08. The van der Waals surface area contributed by atoms with Crippen LogP contribution < -0.4 is 10.6 Å². The van der Waals surface area contributed by atoms with Gasteiger partial charge in [0.15, 0.2) is 0 Å². The van der Waals surface area contributed by atoms with Crippen molar-refractivity contribution in [2.75, 3.05) is 50.5 Å². The van der Waals surface area contributed by atoms with Crippen molar-refractivity contribution < 1.29 is 4.74 Å². The van der Waals surface area contributed by atoms with E-state index >= 15 is 0 Å². The molecule has 5 heteroatoms. The number of hydrogen-bond donors (Lipinski definition) is 1. The Balaban J connectivity index is 1.68. The van der Waals surface area contributed by atoms with E-state index in [2.05, 4.69) is 21.8 Å². The normalized spacial score (nSPS) is 23.7. The molecule has 3 rings (SSSR count). The van der Waals surface area contributed by atoms with Crippen LogP contribution in [0.5, 0.6) is 0 Å². The van der Waals surface area contributed by atoms with E-state index < -0.39 is 0 Å². The van der Waals surface area contributed by atoms with Crippen LogP contribution in [-0.4, -0.2) is 55.3 Å². The maximum Gasteiger partial charge on any atom is 0.0842 e. The highest BCUT2D eigenvalue weighted by Crippen LogP contribution is 2.33. The summed E-state index contributed by atoms with van der Waals surface area (Å²) in [7, 11) is 2.18. The summed E-state index contributed by atoms with van der Waals surface area (Å²) in [5, 5.41) is 0. The third-order valence-electron chi connectivity index (χ3n) is 4.28. The van der Waals surface area contributed by atoms with Gasteiger partial charge in [-0.25, -0.2) is 0 Å². The lowest BCUT2D eigenvalue weighted by Gasteiger charge is -2.47. The summed E-state index contributed by atoms with van der Waals surface area (Å²) < 4.78 is 6.08. The Kier molecular flexibility index (Phi) is 3.33. The van der Waals surface area contributed by atoms with Crippen LogP contribution in [0.25, 0.3) is 0 Å². The van der Waals surface area contributed by atoms with Gasteiger partial charge < -0.3 is 20.3 Å². The first kappa shape index (κ1) is 12.7. The minimum absolute atomic E-state index is 0.0608. The zero-order valence-electron chi connectivity index (χ0n) is 11.5. The Morgan fingerprint density at radius 1 is 1.32 bits per heavy atom. The molecule has 0 atom stereocenters. The molecule has 1 spiro atoms. The van der Waals surface area contributed by atoms with Crippen molar-refractivity contribution in [2.45, 2.75) is 18.4 Å². The number of morpholine rings is 1. The topological polar surface area (TPSA) is 54.6 Å². The van der Waals surface area contributed by atoms with Gasteiger partial charge in [-0.15, -0.1) is 0 Å². The van der Waals surface area contributed by atoms with E-state index in [1.807, 2.05) is 6.07 Å². The van der Waals surface area contributed by atoms with Gasteiger partial charge in [0, 0.05) is 32.4 Å². The molecule has 0 radical (unpaired) electrons. The Hall–Kier alpha value is -1.33. The highest BCUT2D eigenvalue weighted by Gasteiger charge is 2.38. The fourth-order valence-electron chi connectivity index (χ4n) is 3.18. The molecule has 3 heterocycles. The summed E-state index contributed by atoms with van der Waals surface area (Å²) in [5.41, 5.74) is 7.93. The number of nitrogens with two attached hydrogens (primary N) is 1. The van der Waals surface area contributed by atoms with Gasteiger partial charge in [-0.1, -0.05) is 0 Å².